The van der Waals surface area contributed by atoms with Crippen molar-refractivity contribution in [2.24, 2.45) is 0 Å². The van der Waals surface area contributed by atoms with Crippen LogP contribution < -0.4 is 0 Å². The van der Waals surface area contributed by atoms with Gasteiger partial charge < -0.3 is 0 Å². The molecule has 0 aromatic rings. The molecule has 0 rings (SSSR count). The molecule has 0 saturated heterocycles. The van der Waals surface area contributed by atoms with Crippen molar-refractivity contribution >= 4 is 14.2 Å². The van der Waals surface area contributed by atoms with Gasteiger partial charge in [-0.05, 0) is 0 Å². The van der Waals surface area contributed by atoms with Crippen LogP contribution in [0.2, 0.25) is 3.93 Å². The molecule has 0 amide bonds. The number of carbonyl (C=O) groups is 1. The van der Waals surface area contributed by atoms with Gasteiger partial charge in [0.2, 0.25) is 0 Å². The molecule has 0 radical (unpaired) electrons. The molecule has 0 fully saturated rings. The Balaban J connectivity index is 3.61. The summed E-state index contributed by atoms with van der Waals surface area (Å²) in [4.78, 5) is 10.7. The summed E-state index contributed by atoms with van der Waals surface area (Å²) in [6, 6.07) is 0. The van der Waals surface area contributed by atoms with E-state index in [4.69, 9.17) is 13.0 Å². The van der Waals surface area contributed by atoms with Crippen LogP contribution in [-0.4, -0.2) is 12.1 Å². The molecule has 0 heterocycles. The van der Waals surface area contributed by atoms with Crippen molar-refractivity contribution in [3.05, 3.63) is 0 Å². The zero-order valence-corrected chi connectivity index (χ0v) is 14.1. The first-order valence-electron chi connectivity index (χ1n) is 4.43. The molecule has 4 heteroatoms. The molecular weight excluding hydrogens is 364 g/mol. The topological polar surface area (TPSA) is 26.3 Å². The van der Waals surface area contributed by atoms with Crippen molar-refractivity contribution in [1.82, 2.24) is 0 Å². The Kier molecular flexibility index (Phi) is 8.78. The van der Waals surface area contributed by atoms with Crippen LogP contribution in [0.3, 0.4) is 0 Å². The van der Waals surface area contributed by atoms with Gasteiger partial charge in [-0.2, -0.15) is 0 Å². The van der Waals surface area contributed by atoms with Crippen molar-refractivity contribution in [2.75, 3.05) is 0 Å². The third kappa shape index (κ3) is 7.35. The van der Waals surface area contributed by atoms with Gasteiger partial charge >= 0.3 is 90.2 Å². The summed E-state index contributed by atoms with van der Waals surface area (Å²) in [5.74, 6) is -0.172. The number of hydrogen-bond acceptors (Lipinski definition) is 2. The fraction of sp³-hybridized carbons (Fsp3) is 0.875. The average molecular weight is 379 g/mol. The number of carbonyl (C=O) groups excluding carboxylic acids is 1. The van der Waals surface area contributed by atoms with Gasteiger partial charge in [0.15, 0.2) is 0 Å². The van der Waals surface area contributed by atoms with Gasteiger partial charge in [0.1, 0.15) is 0 Å². The van der Waals surface area contributed by atoms with E-state index >= 15 is 0 Å². The minimum absolute atomic E-state index is 0.126. The number of esters is 1. The first-order chi connectivity index (χ1) is 5.70. The zero-order valence-electron chi connectivity index (χ0n) is 7.81. The van der Waals surface area contributed by atoms with Crippen molar-refractivity contribution < 1.29 is 32.9 Å². The zero-order chi connectivity index (χ0) is 9.40. The van der Waals surface area contributed by atoms with Crippen molar-refractivity contribution in [3.8, 4) is 0 Å². The van der Waals surface area contributed by atoms with E-state index in [1.807, 2.05) is 0 Å². The number of ether oxygens (including phenoxy) is 1. The Bertz CT molecular complexity index is 130. The van der Waals surface area contributed by atoms with E-state index in [1.165, 1.54) is 6.92 Å². The molecule has 0 spiro atoms. The Morgan fingerprint density at radius 3 is 2.75 bits per heavy atom. The average Bonchev–Trinajstić information content (AvgIpc) is 2.00. The fourth-order valence-electron chi connectivity index (χ4n) is 1.05. The van der Waals surface area contributed by atoms with E-state index in [9.17, 15) is 4.79 Å². The molecule has 1 unspecified atom stereocenters. The molecule has 0 aliphatic rings. The predicted molar refractivity (Wildman–Crippen MR) is 45.7 cm³/mol. The van der Waals surface area contributed by atoms with Crippen LogP contribution >= 0.6 is 8.25 Å². The molecule has 68 valence electrons. The molecule has 12 heavy (non-hydrogen) atoms. The molecule has 0 bridgehead atoms. The van der Waals surface area contributed by atoms with Crippen LogP contribution in [0.5, 0.6) is 0 Å². The second-order valence-electron chi connectivity index (χ2n) is 2.85. The summed E-state index contributed by atoms with van der Waals surface area (Å²) in [7, 11) is 5.79. The van der Waals surface area contributed by atoms with Gasteiger partial charge in [0.05, 0.1) is 0 Å². The molecule has 0 N–H and O–H groups in total. The first-order valence-corrected chi connectivity index (χ1v) is 15.1. The van der Waals surface area contributed by atoms with Crippen LogP contribution in [0.1, 0.15) is 33.1 Å². The maximum absolute atomic E-state index is 10.7. The van der Waals surface area contributed by atoms with Gasteiger partial charge in [-0.3, -0.25) is 0 Å². The van der Waals surface area contributed by atoms with E-state index in [1.54, 1.807) is 0 Å². The minimum atomic E-state index is -1.15. The number of unbranched alkanes of at least 4 members (excludes halogenated alkanes) is 1. The molecule has 1 atom stereocenters. The summed E-state index contributed by atoms with van der Waals surface area (Å²) >= 11 is -1.15. The van der Waals surface area contributed by atoms with E-state index in [2.05, 4.69) is 6.92 Å². The third-order valence-electron chi connectivity index (χ3n) is 1.64. The van der Waals surface area contributed by atoms with Crippen LogP contribution in [-0.2, 0) is 32.9 Å². The van der Waals surface area contributed by atoms with Gasteiger partial charge in [-0.1, -0.05) is 0 Å². The maximum atomic E-state index is 10.7. The van der Waals surface area contributed by atoms with E-state index in [0.29, 0.717) is 0 Å². The van der Waals surface area contributed by atoms with Gasteiger partial charge in [-0.15, -0.1) is 0 Å². The molecule has 0 aliphatic carbocycles. The van der Waals surface area contributed by atoms with Gasteiger partial charge in [0, 0.05) is 0 Å². The van der Waals surface area contributed by atoms with Crippen LogP contribution in [0, 0.1) is 0 Å². The first kappa shape index (κ1) is 12.7. The Morgan fingerprint density at radius 2 is 2.33 bits per heavy atom. The summed E-state index contributed by atoms with van der Waals surface area (Å²) in [5, 5.41) is 0. The number of halogens is 1. The third-order valence-corrected chi connectivity index (χ3v) is 6.91. The van der Waals surface area contributed by atoms with Crippen LogP contribution in [0.15, 0.2) is 0 Å². The Hall–Kier alpha value is 0.695. The van der Waals surface area contributed by atoms with E-state index in [0.717, 1.165) is 23.2 Å². The molecule has 0 saturated carbocycles. The number of rotatable bonds is 6. The van der Waals surface area contributed by atoms with E-state index < -0.39 is 23.3 Å². The van der Waals surface area contributed by atoms with Crippen LogP contribution in [0.25, 0.3) is 0 Å². The molecular formula is C8H15ClHgO2. The van der Waals surface area contributed by atoms with E-state index in [-0.39, 0.29) is 12.1 Å². The summed E-state index contributed by atoms with van der Waals surface area (Å²) < 4.78 is 6.11. The quantitative estimate of drug-likeness (QED) is 0.524. The molecule has 2 nitrogen and oxygen atoms in total. The second-order valence-corrected chi connectivity index (χ2v) is 9.88. The summed E-state index contributed by atoms with van der Waals surface area (Å²) in [6.07, 6.45) is 3.39. The fourth-order valence-corrected chi connectivity index (χ4v) is 5.71. The Labute approximate surface area is 89.9 Å². The summed E-state index contributed by atoms with van der Waals surface area (Å²) in [5.41, 5.74) is 0. The predicted octanol–water partition coefficient (Wildman–Crippen LogP) is 2.76. The number of hydrogen-bond donors (Lipinski definition) is 0. The molecule has 0 aromatic carbocycles. The molecule has 0 aromatic heterocycles. The summed E-state index contributed by atoms with van der Waals surface area (Å²) in [6.45, 7) is 3.60. The normalized spacial score (nSPS) is 11.9. The van der Waals surface area contributed by atoms with Crippen molar-refractivity contribution in [3.63, 3.8) is 0 Å². The van der Waals surface area contributed by atoms with Gasteiger partial charge in [0.25, 0.3) is 0 Å². The standard InChI is InChI=1S/C8H15O2.ClH.Hg/c1-4-5-6-7(2)10-8(3)9;;/h7H,2,4-6H2,1,3H3;1H;/q;;+1/p-1. The SMILES string of the molecule is CCCCC([CH2][Hg][Cl])OC(C)=O. The van der Waals surface area contributed by atoms with Crippen molar-refractivity contribution in [1.29, 1.82) is 0 Å². The molecule has 0 aliphatic heterocycles. The monoisotopic (exact) mass is 380 g/mol. The van der Waals surface area contributed by atoms with Crippen molar-refractivity contribution in [2.45, 2.75) is 43.1 Å². The Morgan fingerprint density at radius 1 is 1.67 bits per heavy atom. The van der Waals surface area contributed by atoms with Crippen LogP contribution in [0.4, 0.5) is 0 Å². The second kappa shape index (κ2) is 8.30. The van der Waals surface area contributed by atoms with Gasteiger partial charge in [-0.25, -0.2) is 0 Å².